The van der Waals surface area contributed by atoms with E-state index in [0.717, 1.165) is 18.2 Å². The number of anilines is 4. The molecule has 0 aliphatic carbocycles. The molecule has 0 spiro atoms. The average Bonchev–Trinajstić information content (AvgIpc) is 2.63. The summed E-state index contributed by atoms with van der Waals surface area (Å²) in [6, 6.07) is 9.99. The van der Waals surface area contributed by atoms with E-state index in [1.165, 1.54) is 6.20 Å². The first kappa shape index (κ1) is 18.7. The van der Waals surface area contributed by atoms with Crippen molar-refractivity contribution < 1.29 is 17.9 Å². The fraction of sp³-hybridized carbons (Fsp3) is 0.118. The SMILES string of the molecule is COc1ccc(Nc2nncc(Nc3cc(C(F)(F)F)ccc3Cl)n2)cc1. The maximum Gasteiger partial charge on any atom is 0.416 e. The first-order valence-corrected chi connectivity index (χ1v) is 7.97. The lowest BCUT2D eigenvalue weighted by Gasteiger charge is -2.12. The highest BCUT2D eigenvalue weighted by Gasteiger charge is 2.31. The van der Waals surface area contributed by atoms with Crippen LogP contribution in [0.15, 0.2) is 48.7 Å². The summed E-state index contributed by atoms with van der Waals surface area (Å²) >= 11 is 5.97. The van der Waals surface area contributed by atoms with Crippen LogP contribution < -0.4 is 15.4 Å². The van der Waals surface area contributed by atoms with Gasteiger partial charge in [0, 0.05) is 5.69 Å². The second-order valence-electron chi connectivity index (χ2n) is 5.34. The molecule has 3 aromatic rings. The molecule has 0 bridgehead atoms. The molecule has 6 nitrogen and oxygen atoms in total. The number of aromatic nitrogens is 3. The Balaban J connectivity index is 1.79. The van der Waals surface area contributed by atoms with Gasteiger partial charge < -0.3 is 15.4 Å². The van der Waals surface area contributed by atoms with Gasteiger partial charge in [0.2, 0.25) is 5.95 Å². The van der Waals surface area contributed by atoms with Gasteiger partial charge in [-0.25, -0.2) is 0 Å². The van der Waals surface area contributed by atoms with Crippen LogP contribution in [0, 0.1) is 0 Å². The monoisotopic (exact) mass is 395 g/mol. The number of nitrogens with one attached hydrogen (secondary N) is 2. The minimum Gasteiger partial charge on any atom is -0.497 e. The molecule has 0 atom stereocenters. The summed E-state index contributed by atoms with van der Waals surface area (Å²) < 4.78 is 43.7. The van der Waals surface area contributed by atoms with E-state index in [4.69, 9.17) is 16.3 Å². The normalized spacial score (nSPS) is 11.1. The van der Waals surface area contributed by atoms with Crippen molar-refractivity contribution in [1.29, 1.82) is 0 Å². The Hall–Kier alpha value is -3.07. The zero-order valence-corrected chi connectivity index (χ0v) is 14.6. The van der Waals surface area contributed by atoms with Crippen molar-refractivity contribution in [2.75, 3.05) is 17.7 Å². The first-order chi connectivity index (χ1) is 12.8. The second-order valence-corrected chi connectivity index (χ2v) is 5.74. The van der Waals surface area contributed by atoms with Crippen molar-refractivity contribution in [3.05, 3.63) is 59.2 Å². The molecule has 0 saturated heterocycles. The molecule has 0 unspecified atom stereocenters. The highest BCUT2D eigenvalue weighted by molar-refractivity contribution is 6.33. The number of ether oxygens (including phenoxy) is 1. The third kappa shape index (κ3) is 4.76. The van der Waals surface area contributed by atoms with Crippen molar-refractivity contribution >= 4 is 34.7 Å². The Kier molecular flexibility index (Phi) is 5.31. The van der Waals surface area contributed by atoms with Gasteiger partial charge >= 0.3 is 6.18 Å². The molecular formula is C17H13ClF3N5O. The van der Waals surface area contributed by atoms with Crippen molar-refractivity contribution in [2.45, 2.75) is 6.18 Å². The van der Waals surface area contributed by atoms with E-state index in [9.17, 15) is 13.2 Å². The van der Waals surface area contributed by atoms with Gasteiger partial charge in [0.25, 0.3) is 0 Å². The molecule has 1 aromatic heterocycles. The summed E-state index contributed by atoms with van der Waals surface area (Å²) in [4.78, 5) is 4.17. The van der Waals surface area contributed by atoms with E-state index in [0.29, 0.717) is 11.4 Å². The molecule has 3 rings (SSSR count). The molecule has 2 N–H and O–H groups in total. The number of benzene rings is 2. The zero-order valence-electron chi connectivity index (χ0n) is 13.9. The van der Waals surface area contributed by atoms with E-state index < -0.39 is 11.7 Å². The number of nitrogens with zero attached hydrogens (tertiary/aromatic N) is 3. The summed E-state index contributed by atoms with van der Waals surface area (Å²) in [5.74, 6) is 1.03. The van der Waals surface area contributed by atoms with Crippen molar-refractivity contribution in [3.63, 3.8) is 0 Å². The van der Waals surface area contributed by atoms with E-state index in [-0.39, 0.29) is 22.5 Å². The predicted molar refractivity (Wildman–Crippen MR) is 95.8 cm³/mol. The molecular weight excluding hydrogens is 383 g/mol. The Morgan fingerprint density at radius 3 is 2.44 bits per heavy atom. The fourth-order valence-electron chi connectivity index (χ4n) is 2.16. The quantitative estimate of drug-likeness (QED) is 0.630. The Morgan fingerprint density at radius 1 is 1.04 bits per heavy atom. The molecule has 140 valence electrons. The summed E-state index contributed by atoms with van der Waals surface area (Å²) in [5.41, 5.74) is -0.0813. The minimum absolute atomic E-state index is 0.0578. The number of methoxy groups -OCH3 is 1. The fourth-order valence-corrected chi connectivity index (χ4v) is 2.32. The van der Waals surface area contributed by atoms with E-state index in [2.05, 4.69) is 25.8 Å². The Labute approximate surface area is 157 Å². The molecule has 0 fully saturated rings. The van der Waals surface area contributed by atoms with Gasteiger partial charge in [-0.1, -0.05) is 11.6 Å². The maximum absolute atomic E-state index is 12.9. The van der Waals surface area contributed by atoms with Crippen LogP contribution >= 0.6 is 11.6 Å². The molecule has 2 aromatic carbocycles. The first-order valence-electron chi connectivity index (χ1n) is 7.60. The number of hydrogen-bond acceptors (Lipinski definition) is 6. The van der Waals surface area contributed by atoms with Crippen LogP contribution in [0.4, 0.5) is 36.3 Å². The van der Waals surface area contributed by atoms with Crippen LogP contribution in [-0.2, 0) is 6.18 Å². The van der Waals surface area contributed by atoms with E-state index >= 15 is 0 Å². The molecule has 27 heavy (non-hydrogen) atoms. The summed E-state index contributed by atoms with van der Waals surface area (Å²) in [6.45, 7) is 0. The summed E-state index contributed by atoms with van der Waals surface area (Å²) in [6.07, 6.45) is -3.21. The van der Waals surface area contributed by atoms with Crippen LogP contribution in [0.2, 0.25) is 5.02 Å². The number of rotatable bonds is 5. The van der Waals surface area contributed by atoms with E-state index in [1.807, 2.05) is 0 Å². The molecule has 0 aliphatic heterocycles. The standard InChI is InChI=1S/C17H13ClF3N5O/c1-27-12-5-3-11(4-6-12)23-16-25-15(9-22-26-16)24-14-8-10(17(19,20)21)2-7-13(14)18/h2-9H,1H3,(H2,23,24,25,26). The van der Waals surface area contributed by atoms with Crippen LogP contribution in [0.25, 0.3) is 0 Å². The molecule has 10 heteroatoms. The molecule has 0 saturated carbocycles. The maximum atomic E-state index is 12.9. The number of halogens is 4. The van der Waals surface area contributed by atoms with Gasteiger partial charge in [-0.15, -0.1) is 5.10 Å². The van der Waals surface area contributed by atoms with Gasteiger partial charge in [-0.2, -0.15) is 23.3 Å². The van der Waals surface area contributed by atoms with Gasteiger partial charge in [-0.05, 0) is 42.5 Å². The van der Waals surface area contributed by atoms with Crippen molar-refractivity contribution in [3.8, 4) is 5.75 Å². The van der Waals surface area contributed by atoms with Crippen LogP contribution in [-0.4, -0.2) is 22.3 Å². The van der Waals surface area contributed by atoms with Gasteiger partial charge in [0.05, 0.1) is 29.6 Å². The zero-order chi connectivity index (χ0) is 19.4. The largest absolute Gasteiger partial charge is 0.497 e. The van der Waals surface area contributed by atoms with Gasteiger partial charge in [-0.3, -0.25) is 0 Å². The topological polar surface area (TPSA) is 72.0 Å². The van der Waals surface area contributed by atoms with Crippen LogP contribution in [0.3, 0.4) is 0 Å². The van der Waals surface area contributed by atoms with Gasteiger partial charge in [0.15, 0.2) is 5.82 Å². The predicted octanol–water partition coefficient (Wildman–Crippen LogP) is 5.04. The van der Waals surface area contributed by atoms with Crippen LogP contribution in [0.1, 0.15) is 5.56 Å². The third-order valence-electron chi connectivity index (χ3n) is 3.46. The number of hydrogen-bond donors (Lipinski definition) is 2. The lowest BCUT2D eigenvalue weighted by molar-refractivity contribution is -0.137. The van der Waals surface area contributed by atoms with Crippen molar-refractivity contribution in [1.82, 2.24) is 15.2 Å². The van der Waals surface area contributed by atoms with Crippen LogP contribution in [0.5, 0.6) is 5.75 Å². The van der Waals surface area contributed by atoms with Crippen molar-refractivity contribution in [2.24, 2.45) is 0 Å². The molecule has 1 heterocycles. The average molecular weight is 396 g/mol. The lowest BCUT2D eigenvalue weighted by atomic mass is 10.2. The molecule has 0 amide bonds. The second kappa shape index (κ2) is 7.67. The highest BCUT2D eigenvalue weighted by atomic mass is 35.5. The minimum atomic E-state index is -4.48. The van der Waals surface area contributed by atoms with E-state index in [1.54, 1.807) is 31.4 Å². The Morgan fingerprint density at radius 2 is 1.78 bits per heavy atom. The summed E-state index contributed by atoms with van der Waals surface area (Å²) in [7, 11) is 1.56. The lowest BCUT2D eigenvalue weighted by Crippen LogP contribution is -2.06. The number of alkyl halides is 3. The van der Waals surface area contributed by atoms with Gasteiger partial charge in [0.1, 0.15) is 5.75 Å². The molecule has 0 radical (unpaired) electrons. The molecule has 0 aliphatic rings. The highest BCUT2D eigenvalue weighted by Crippen LogP contribution is 2.34. The smallest absolute Gasteiger partial charge is 0.416 e. The Bertz CT molecular complexity index is 935. The summed E-state index contributed by atoms with van der Waals surface area (Å²) in [5, 5.41) is 13.4. The third-order valence-corrected chi connectivity index (χ3v) is 3.79.